The zero-order valence-electron chi connectivity index (χ0n) is 10.7. The first-order valence-corrected chi connectivity index (χ1v) is 6.34. The number of rotatable bonds is 2. The summed E-state index contributed by atoms with van der Waals surface area (Å²) in [4.78, 5) is 10.1. The second-order valence-corrected chi connectivity index (χ2v) is 4.81. The SMILES string of the molecule is C=C(C)c1c[nH]c2cnc(N3CCNCC3)cc12. The Bertz CT molecular complexity index is 578. The van der Waals surface area contributed by atoms with Crippen molar-refractivity contribution in [3.05, 3.63) is 30.6 Å². The highest BCUT2D eigenvalue weighted by Gasteiger charge is 2.13. The largest absolute Gasteiger partial charge is 0.359 e. The van der Waals surface area contributed by atoms with Crippen molar-refractivity contribution in [2.75, 3.05) is 31.1 Å². The number of piperazine rings is 1. The molecule has 3 rings (SSSR count). The van der Waals surface area contributed by atoms with Gasteiger partial charge in [-0.15, -0.1) is 0 Å². The van der Waals surface area contributed by atoms with E-state index in [-0.39, 0.29) is 0 Å². The lowest BCUT2D eigenvalue weighted by Gasteiger charge is -2.28. The standard InChI is InChI=1S/C14H18N4/c1-10(2)12-8-16-13-9-17-14(7-11(12)13)18-5-3-15-4-6-18/h7-9,15-16H,1,3-6H2,2H3. The van der Waals surface area contributed by atoms with Gasteiger partial charge in [0.05, 0.1) is 11.7 Å². The first kappa shape index (κ1) is 11.3. The molecule has 0 saturated carbocycles. The molecule has 0 aliphatic carbocycles. The fraction of sp³-hybridized carbons (Fsp3) is 0.357. The minimum Gasteiger partial charge on any atom is -0.359 e. The van der Waals surface area contributed by atoms with Crippen LogP contribution in [0.25, 0.3) is 16.5 Å². The molecule has 0 radical (unpaired) electrons. The zero-order valence-corrected chi connectivity index (χ0v) is 10.7. The first-order valence-electron chi connectivity index (χ1n) is 6.34. The summed E-state index contributed by atoms with van der Waals surface area (Å²) in [6.45, 7) is 10.2. The van der Waals surface area contributed by atoms with Gasteiger partial charge in [-0.3, -0.25) is 0 Å². The van der Waals surface area contributed by atoms with Crippen molar-refractivity contribution in [2.24, 2.45) is 0 Å². The molecule has 94 valence electrons. The van der Waals surface area contributed by atoms with Gasteiger partial charge in [0.25, 0.3) is 0 Å². The van der Waals surface area contributed by atoms with E-state index in [0.717, 1.165) is 43.1 Å². The van der Waals surface area contributed by atoms with Crippen LogP contribution < -0.4 is 10.2 Å². The van der Waals surface area contributed by atoms with E-state index in [1.54, 1.807) is 0 Å². The zero-order chi connectivity index (χ0) is 12.5. The third-order valence-corrected chi connectivity index (χ3v) is 3.45. The predicted octanol–water partition coefficient (Wildman–Crippen LogP) is 2.01. The lowest BCUT2D eigenvalue weighted by molar-refractivity contribution is 0.585. The molecule has 0 aromatic carbocycles. The summed E-state index contributed by atoms with van der Waals surface area (Å²) >= 11 is 0. The van der Waals surface area contributed by atoms with E-state index in [9.17, 15) is 0 Å². The highest BCUT2D eigenvalue weighted by molar-refractivity contribution is 5.92. The number of allylic oxidation sites excluding steroid dienone is 1. The van der Waals surface area contributed by atoms with E-state index in [1.807, 2.05) is 19.3 Å². The van der Waals surface area contributed by atoms with Gasteiger partial charge in [0.1, 0.15) is 5.82 Å². The molecule has 4 nitrogen and oxygen atoms in total. The van der Waals surface area contributed by atoms with Gasteiger partial charge in [-0.1, -0.05) is 6.58 Å². The third kappa shape index (κ3) is 1.88. The molecule has 0 spiro atoms. The highest BCUT2D eigenvalue weighted by atomic mass is 15.2. The van der Waals surface area contributed by atoms with Crippen molar-refractivity contribution in [3.63, 3.8) is 0 Å². The maximum atomic E-state index is 4.54. The summed E-state index contributed by atoms with van der Waals surface area (Å²) in [7, 11) is 0. The van der Waals surface area contributed by atoms with Crippen LogP contribution in [0.1, 0.15) is 12.5 Å². The molecular formula is C14H18N4. The molecule has 0 unspecified atom stereocenters. The van der Waals surface area contributed by atoms with Crippen molar-refractivity contribution in [1.29, 1.82) is 0 Å². The molecule has 0 bridgehead atoms. The maximum absolute atomic E-state index is 4.54. The van der Waals surface area contributed by atoms with Crippen molar-refractivity contribution in [1.82, 2.24) is 15.3 Å². The minimum atomic E-state index is 1.02. The van der Waals surface area contributed by atoms with E-state index >= 15 is 0 Å². The Morgan fingerprint density at radius 3 is 2.89 bits per heavy atom. The van der Waals surface area contributed by atoms with Crippen molar-refractivity contribution in [2.45, 2.75) is 6.92 Å². The normalized spacial score (nSPS) is 16.2. The molecule has 1 fully saturated rings. The van der Waals surface area contributed by atoms with Gasteiger partial charge in [0.2, 0.25) is 0 Å². The molecule has 2 N–H and O–H groups in total. The quantitative estimate of drug-likeness (QED) is 0.846. The van der Waals surface area contributed by atoms with Gasteiger partial charge in [-0.05, 0) is 18.6 Å². The average molecular weight is 242 g/mol. The van der Waals surface area contributed by atoms with Crippen molar-refractivity contribution < 1.29 is 0 Å². The van der Waals surface area contributed by atoms with Gasteiger partial charge in [-0.25, -0.2) is 4.98 Å². The Kier molecular flexibility index (Phi) is 2.80. The van der Waals surface area contributed by atoms with Crippen LogP contribution in [0.2, 0.25) is 0 Å². The van der Waals surface area contributed by atoms with Crippen molar-refractivity contribution in [3.8, 4) is 0 Å². The van der Waals surface area contributed by atoms with Crippen LogP contribution in [-0.4, -0.2) is 36.1 Å². The summed E-state index contributed by atoms with van der Waals surface area (Å²) in [6.07, 6.45) is 3.93. The number of pyridine rings is 1. The second kappa shape index (κ2) is 4.46. The van der Waals surface area contributed by atoms with E-state index in [1.165, 1.54) is 10.9 Å². The first-order chi connectivity index (χ1) is 8.75. The number of fused-ring (bicyclic) bond motifs is 1. The number of anilines is 1. The van der Waals surface area contributed by atoms with Crippen LogP contribution in [-0.2, 0) is 0 Å². The summed E-state index contributed by atoms with van der Waals surface area (Å²) in [6, 6.07) is 2.17. The summed E-state index contributed by atoms with van der Waals surface area (Å²) in [5.74, 6) is 1.06. The number of hydrogen-bond acceptors (Lipinski definition) is 3. The number of H-pyrrole nitrogens is 1. The van der Waals surface area contributed by atoms with Crippen LogP contribution in [0.5, 0.6) is 0 Å². The van der Waals surface area contributed by atoms with Crippen molar-refractivity contribution >= 4 is 22.3 Å². The molecule has 1 aliphatic heterocycles. The minimum absolute atomic E-state index is 1.02. The van der Waals surface area contributed by atoms with Gasteiger partial charge in [0, 0.05) is 43.3 Å². The van der Waals surface area contributed by atoms with Gasteiger partial charge in [-0.2, -0.15) is 0 Å². The van der Waals surface area contributed by atoms with E-state index in [4.69, 9.17) is 0 Å². The Hall–Kier alpha value is -1.81. The Morgan fingerprint density at radius 1 is 1.39 bits per heavy atom. The van der Waals surface area contributed by atoms with Crippen LogP contribution >= 0.6 is 0 Å². The van der Waals surface area contributed by atoms with Gasteiger partial charge >= 0.3 is 0 Å². The topological polar surface area (TPSA) is 44.0 Å². The summed E-state index contributed by atoms with van der Waals surface area (Å²) < 4.78 is 0. The fourth-order valence-corrected chi connectivity index (χ4v) is 2.43. The van der Waals surface area contributed by atoms with Crippen LogP contribution in [0.15, 0.2) is 25.0 Å². The smallest absolute Gasteiger partial charge is 0.129 e. The number of hydrogen-bond donors (Lipinski definition) is 2. The maximum Gasteiger partial charge on any atom is 0.129 e. The average Bonchev–Trinajstić information content (AvgIpc) is 2.82. The predicted molar refractivity (Wildman–Crippen MR) is 75.9 cm³/mol. The van der Waals surface area contributed by atoms with E-state index in [2.05, 4.69) is 32.8 Å². The molecule has 2 aromatic rings. The van der Waals surface area contributed by atoms with E-state index in [0.29, 0.717) is 0 Å². The lowest BCUT2D eigenvalue weighted by atomic mass is 10.1. The number of aromatic amines is 1. The molecule has 1 aliphatic rings. The molecule has 0 atom stereocenters. The van der Waals surface area contributed by atoms with Crippen LogP contribution in [0.4, 0.5) is 5.82 Å². The number of aromatic nitrogens is 2. The fourth-order valence-electron chi connectivity index (χ4n) is 2.43. The monoisotopic (exact) mass is 242 g/mol. The molecule has 2 aromatic heterocycles. The summed E-state index contributed by atoms with van der Waals surface area (Å²) in [5, 5.41) is 4.57. The second-order valence-electron chi connectivity index (χ2n) is 4.81. The van der Waals surface area contributed by atoms with Gasteiger partial charge < -0.3 is 15.2 Å². The molecule has 1 saturated heterocycles. The molecular weight excluding hydrogens is 224 g/mol. The van der Waals surface area contributed by atoms with Gasteiger partial charge in [0.15, 0.2) is 0 Å². The number of nitrogens with zero attached hydrogens (tertiary/aromatic N) is 2. The van der Waals surface area contributed by atoms with E-state index < -0.39 is 0 Å². The lowest BCUT2D eigenvalue weighted by Crippen LogP contribution is -2.43. The highest BCUT2D eigenvalue weighted by Crippen LogP contribution is 2.26. The summed E-state index contributed by atoms with van der Waals surface area (Å²) in [5.41, 5.74) is 3.34. The molecule has 3 heterocycles. The molecule has 4 heteroatoms. The Morgan fingerprint density at radius 2 is 2.17 bits per heavy atom. The number of nitrogens with one attached hydrogen (secondary N) is 2. The van der Waals surface area contributed by atoms with Crippen LogP contribution in [0, 0.1) is 0 Å². The Balaban J connectivity index is 2.03. The Labute approximate surface area is 107 Å². The van der Waals surface area contributed by atoms with Crippen LogP contribution in [0.3, 0.4) is 0 Å². The third-order valence-electron chi connectivity index (χ3n) is 3.45. The molecule has 0 amide bonds. The molecule has 18 heavy (non-hydrogen) atoms.